The van der Waals surface area contributed by atoms with Crippen LogP contribution in [-0.4, -0.2) is 16.7 Å². The number of amides is 2. The van der Waals surface area contributed by atoms with Crippen molar-refractivity contribution in [2.24, 2.45) is 10.8 Å². The lowest BCUT2D eigenvalue weighted by molar-refractivity contribution is -0.384. The second-order valence-corrected chi connectivity index (χ2v) is 6.29. The van der Waals surface area contributed by atoms with Crippen molar-refractivity contribution in [1.29, 1.82) is 0 Å². The third-order valence-electron chi connectivity index (χ3n) is 3.55. The highest BCUT2D eigenvalue weighted by Gasteiger charge is 2.13. The molecule has 1 aromatic heterocycles. The minimum Gasteiger partial charge on any atom is -0.436 e. The van der Waals surface area contributed by atoms with Gasteiger partial charge in [0.1, 0.15) is 11.1 Å². The minimum absolute atomic E-state index is 0.0262. The van der Waals surface area contributed by atoms with Crippen molar-refractivity contribution in [2.45, 2.75) is 0 Å². The summed E-state index contributed by atoms with van der Waals surface area (Å²) in [5.74, 6) is -1.50. The summed E-state index contributed by atoms with van der Waals surface area (Å²) < 4.78 is 6.33. The van der Waals surface area contributed by atoms with Gasteiger partial charge in [-0.1, -0.05) is 22.0 Å². The fourth-order valence-corrected chi connectivity index (χ4v) is 2.67. The summed E-state index contributed by atoms with van der Waals surface area (Å²) in [6.07, 6.45) is 0. The van der Waals surface area contributed by atoms with Crippen LogP contribution in [0.25, 0.3) is 11.0 Å². The predicted octanol–water partition coefficient (Wildman–Crippen LogP) is 2.45. The molecular formula is C17H11BrN4O5. The van der Waals surface area contributed by atoms with E-state index in [4.69, 9.17) is 10.2 Å². The van der Waals surface area contributed by atoms with Crippen LogP contribution in [0.2, 0.25) is 0 Å². The summed E-state index contributed by atoms with van der Waals surface area (Å²) in [5.41, 5.74) is 7.56. The number of nitro groups is 1. The average Bonchev–Trinajstić information content (AvgIpc) is 2.65. The largest absolute Gasteiger partial charge is 0.436 e. The Kier molecular flexibility index (Phi) is 4.99. The number of carbonyl (C=O) groups excluding carboxylic acids is 2. The zero-order valence-corrected chi connectivity index (χ0v) is 15.1. The number of nitrogens with zero attached hydrogens (tertiary/aromatic N) is 2. The molecule has 3 N–H and O–H groups in total. The van der Waals surface area contributed by atoms with Crippen LogP contribution in [0, 0.1) is 10.1 Å². The Hall–Kier alpha value is -3.53. The maximum absolute atomic E-state index is 12.2. The van der Waals surface area contributed by atoms with Crippen LogP contribution in [0.3, 0.4) is 0 Å². The summed E-state index contributed by atoms with van der Waals surface area (Å²) >= 11 is 3.32. The smallest absolute Gasteiger partial charge is 0.271 e. The van der Waals surface area contributed by atoms with Crippen LogP contribution in [0.1, 0.15) is 20.7 Å². The van der Waals surface area contributed by atoms with Crippen molar-refractivity contribution in [2.75, 3.05) is 0 Å². The fraction of sp³-hybridized carbons (Fsp3) is 0. The van der Waals surface area contributed by atoms with Gasteiger partial charge in [0.05, 0.1) is 4.92 Å². The number of hydrogen-bond acceptors (Lipinski definition) is 6. The number of carbonyl (C=O) groups is 2. The monoisotopic (exact) mass is 430 g/mol. The van der Waals surface area contributed by atoms with E-state index >= 15 is 0 Å². The maximum Gasteiger partial charge on any atom is 0.271 e. The molecule has 9 nitrogen and oxygen atoms in total. The second-order valence-electron chi connectivity index (χ2n) is 5.37. The number of fused-ring (bicyclic) bond motifs is 1. The molecule has 0 unspecified atom stereocenters. The van der Waals surface area contributed by atoms with Gasteiger partial charge >= 0.3 is 0 Å². The lowest BCUT2D eigenvalue weighted by Crippen LogP contribution is -2.27. The summed E-state index contributed by atoms with van der Waals surface area (Å²) in [5, 5.41) is 15.2. The summed E-state index contributed by atoms with van der Waals surface area (Å²) in [7, 11) is 0. The highest BCUT2D eigenvalue weighted by molar-refractivity contribution is 9.10. The van der Waals surface area contributed by atoms with Crippen molar-refractivity contribution in [3.8, 4) is 0 Å². The van der Waals surface area contributed by atoms with Crippen molar-refractivity contribution in [3.63, 3.8) is 0 Å². The number of rotatable bonds is 4. The zero-order chi connectivity index (χ0) is 19.6. The van der Waals surface area contributed by atoms with Gasteiger partial charge in [-0.05, 0) is 30.3 Å². The molecule has 0 saturated heterocycles. The lowest BCUT2D eigenvalue weighted by atomic mass is 10.2. The highest BCUT2D eigenvalue weighted by atomic mass is 79.9. The number of halogens is 1. The third kappa shape index (κ3) is 4.01. The van der Waals surface area contributed by atoms with Crippen LogP contribution in [0.4, 0.5) is 5.69 Å². The molecule has 1 heterocycles. The van der Waals surface area contributed by atoms with E-state index in [1.807, 2.05) is 0 Å². The van der Waals surface area contributed by atoms with Gasteiger partial charge in [0, 0.05) is 27.6 Å². The highest BCUT2D eigenvalue weighted by Crippen LogP contribution is 2.19. The molecule has 3 rings (SSSR count). The Morgan fingerprint density at radius 3 is 2.67 bits per heavy atom. The molecule has 2 aromatic carbocycles. The molecule has 0 fully saturated rings. The Bertz CT molecular complexity index is 1160. The van der Waals surface area contributed by atoms with Crippen molar-refractivity contribution in [1.82, 2.24) is 5.43 Å². The normalized spacial score (nSPS) is 11.4. The van der Waals surface area contributed by atoms with Crippen LogP contribution in [0.5, 0.6) is 0 Å². The second kappa shape index (κ2) is 7.38. The molecule has 27 heavy (non-hydrogen) atoms. The molecule has 0 atom stereocenters. The molecule has 0 aliphatic carbocycles. The Morgan fingerprint density at radius 2 is 1.96 bits per heavy atom. The SMILES string of the molecule is NC(=O)c1cc2cc(Br)ccc2o/c1=N\NC(=O)c1cccc([N+](=O)[O-])c1. The van der Waals surface area contributed by atoms with Gasteiger partial charge < -0.3 is 10.2 Å². The standard InChI is InChI=1S/C17H11BrN4O5/c18-11-4-5-14-10(6-11)8-13(15(19)23)17(27-14)21-20-16(24)9-2-1-3-12(7-9)22(25)26/h1-8H,(H2,19,23)(H,20,24)/b21-17-. The molecule has 3 aromatic rings. The molecule has 0 aliphatic heterocycles. The van der Waals surface area contributed by atoms with Crippen LogP contribution >= 0.6 is 15.9 Å². The van der Waals surface area contributed by atoms with E-state index in [1.165, 1.54) is 24.3 Å². The van der Waals surface area contributed by atoms with Crippen molar-refractivity contribution < 1.29 is 18.9 Å². The van der Waals surface area contributed by atoms with Crippen molar-refractivity contribution in [3.05, 3.63) is 79.8 Å². The topological polar surface area (TPSA) is 141 Å². The van der Waals surface area contributed by atoms with Gasteiger partial charge in [-0.3, -0.25) is 19.7 Å². The average molecular weight is 431 g/mol. The van der Waals surface area contributed by atoms with Crippen LogP contribution in [-0.2, 0) is 0 Å². The fourth-order valence-electron chi connectivity index (χ4n) is 2.29. The molecule has 2 amide bonds. The lowest BCUT2D eigenvalue weighted by Gasteiger charge is -2.03. The van der Waals surface area contributed by atoms with Gasteiger partial charge in [0.15, 0.2) is 0 Å². The summed E-state index contributed by atoms with van der Waals surface area (Å²) in [6.45, 7) is 0. The number of hydrogen-bond donors (Lipinski definition) is 2. The van der Waals surface area contributed by atoms with E-state index in [0.717, 1.165) is 10.5 Å². The molecule has 136 valence electrons. The van der Waals surface area contributed by atoms with E-state index in [9.17, 15) is 19.7 Å². The van der Waals surface area contributed by atoms with E-state index in [2.05, 4.69) is 26.5 Å². The van der Waals surface area contributed by atoms with Gasteiger partial charge in [-0.2, -0.15) is 0 Å². The molecular weight excluding hydrogens is 420 g/mol. The number of nitrogens with one attached hydrogen (secondary N) is 1. The summed E-state index contributed by atoms with van der Waals surface area (Å²) in [4.78, 5) is 34.1. The molecule has 0 radical (unpaired) electrons. The number of non-ortho nitro benzene ring substituents is 1. The van der Waals surface area contributed by atoms with Gasteiger partial charge in [-0.15, -0.1) is 5.10 Å². The van der Waals surface area contributed by atoms with Crippen LogP contribution in [0.15, 0.2) is 62.5 Å². The number of nitro benzene ring substituents is 1. The first-order valence-electron chi connectivity index (χ1n) is 7.47. The van der Waals surface area contributed by atoms with Gasteiger partial charge in [-0.25, -0.2) is 5.43 Å². The molecule has 0 saturated carbocycles. The zero-order valence-electron chi connectivity index (χ0n) is 13.5. The molecule has 0 spiro atoms. The molecule has 10 heteroatoms. The Labute approximate surface area is 159 Å². The number of benzene rings is 2. The van der Waals surface area contributed by atoms with E-state index in [-0.39, 0.29) is 22.4 Å². The summed E-state index contributed by atoms with van der Waals surface area (Å²) in [6, 6.07) is 11.8. The van der Waals surface area contributed by atoms with E-state index < -0.39 is 16.7 Å². The molecule has 0 aliphatic rings. The number of nitrogens with two attached hydrogens (primary N) is 1. The first-order valence-corrected chi connectivity index (χ1v) is 8.26. The first-order chi connectivity index (χ1) is 12.8. The first kappa shape index (κ1) is 18.3. The van der Waals surface area contributed by atoms with Gasteiger partial charge in [0.2, 0.25) is 5.55 Å². The maximum atomic E-state index is 12.2. The van der Waals surface area contributed by atoms with E-state index in [0.29, 0.717) is 11.0 Å². The number of primary amides is 1. The molecule has 0 bridgehead atoms. The van der Waals surface area contributed by atoms with Crippen molar-refractivity contribution >= 4 is 44.4 Å². The van der Waals surface area contributed by atoms with Crippen LogP contribution < -0.4 is 16.7 Å². The quantitative estimate of drug-likeness (QED) is 0.482. The Balaban J connectivity index is 2.00. The Morgan fingerprint density at radius 1 is 1.19 bits per heavy atom. The predicted molar refractivity (Wildman–Crippen MR) is 98.6 cm³/mol. The van der Waals surface area contributed by atoms with E-state index in [1.54, 1.807) is 18.2 Å². The van der Waals surface area contributed by atoms with Gasteiger partial charge in [0.25, 0.3) is 17.5 Å². The minimum atomic E-state index is -0.788. The third-order valence-corrected chi connectivity index (χ3v) is 4.05.